The molecule has 0 aromatic heterocycles. The van der Waals surface area contributed by atoms with Gasteiger partial charge in [0.2, 0.25) is 5.90 Å². The van der Waals surface area contributed by atoms with Crippen molar-refractivity contribution < 1.29 is 14.5 Å². The predicted octanol–water partition coefficient (Wildman–Crippen LogP) is 4.15. The van der Waals surface area contributed by atoms with Crippen LogP contribution in [0.1, 0.15) is 11.1 Å². The minimum atomic E-state index is -0.585. The van der Waals surface area contributed by atoms with Gasteiger partial charge < -0.3 is 4.74 Å². The molecule has 0 saturated heterocycles. The van der Waals surface area contributed by atoms with E-state index in [1.807, 2.05) is 0 Å². The largest absolute Gasteiger partial charge is 0.402 e. The van der Waals surface area contributed by atoms with E-state index in [-0.39, 0.29) is 17.3 Å². The first-order valence-corrected chi connectivity index (χ1v) is 7.61. The Morgan fingerprint density at radius 1 is 1.16 bits per heavy atom. The van der Waals surface area contributed by atoms with Crippen LogP contribution in [0.3, 0.4) is 0 Å². The van der Waals surface area contributed by atoms with Crippen LogP contribution in [-0.2, 0) is 9.53 Å². The molecule has 3 rings (SSSR count). The number of nitro groups is 1. The lowest BCUT2D eigenvalue weighted by Gasteiger charge is -2.00. The van der Waals surface area contributed by atoms with Crippen LogP contribution in [0, 0.1) is 10.1 Å². The fourth-order valence-corrected chi connectivity index (χ4v) is 2.38. The lowest BCUT2D eigenvalue weighted by Crippen LogP contribution is -2.05. The van der Waals surface area contributed by atoms with E-state index in [9.17, 15) is 14.9 Å². The second-order valence-electron chi connectivity index (χ2n) is 5.05. The molecule has 1 aliphatic rings. The number of carbonyl (C=O) groups is 1. The van der Waals surface area contributed by atoms with E-state index in [0.717, 1.165) is 0 Å². The van der Waals surface area contributed by atoms with Crippen LogP contribution < -0.4 is 0 Å². The first-order chi connectivity index (χ1) is 12.0. The Bertz CT molecular complexity index is 948. The number of halogens is 1. The number of aliphatic imine (C=N–C) groups is 1. The van der Waals surface area contributed by atoms with Crippen LogP contribution in [0.2, 0.25) is 5.02 Å². The van der Waals surface area contributed by atoms with Crippen molar-refractivity contribution in [3.8, 4) is 0 Å². The monoisotopic (exact) mass is 354 g/mol. The van der Waals surface area contributed by atoms with Gasteiger partial charge in [0.1, 0.15) is 0 Å². The van der Waals surface area contributed by atoms with Crippen LogP contribution in [-0.4, -0.2) is 16.8 Å². The lowest BCUT2D eigenvalue weighted by molar-refractivity contribution is -0.384. The van der Waals surface area contributed by atoms with Gasteiger partial charge in [0.25, 0.3) is 5.69 Å². The summed E-state index contributed by atoms with van der Waals surface area (Å²) in [5, 5.41) is 11.2. The summed E-state index contributed by atoms with van der Waals surface area (Å²) in [6, 6.07) is 13.1. The zero-order chi connectivity index (χ0) is 17.8. The molecule has 6 nitrogen and oxygen atoms in total. The van der Waals surface area contributed by atoms with Gasteiger partial charge in [-0.15, -0.1) is 0 Å². The first kappa shape index (κ1) is 16.6. The van der Waals surface area contributed by atoms with Gasteiger partial charge in [-0.25, -0.2) is 9.79 Å². The minimum Gasteiger partial charge on any atom is -0.402 e. The normalized spacial score (nSPS) is 15.5. The van der Waals surface area contributed by atoms with Crippen molar-refractivity contribution in [3.05, 3.63) is 92.6 Å². The van der Waals surface area contributed by atoms with E-state index < -0.39 is 10.9 Å². The molecule has 0 atom stereocenters. The molecule has 0 aliphatic carbocycles. The summed E-state index contributed by atoms with van der Waals surface area (Å²) in [6.07, 6.45) is 4.69. The Labute approximate surface area is 147 Å². The summed E-state index contributed by atoms with van der Waals surface area (Å²) in [5.41, 5.74) is 1.28. The summed E-state index contributed by atoms with van der Waals surface area (Å²) < 4.78 is 5.13. The highest BCUT2D eigenvalue weighted by molar-refractivity contribution is 6.34. The SMILES string of the molecule is O=C1OC(c2ccccc2Cl)=NC1=CC=Cc1cccc([N+](=O)[O-])c1. The summed E-state index contributed by atoms with van der Waals surface area (Å²) in [4.78, 5) is 26.3. The van der Waals surface area contributed by atoms with Crippen LogP contribution in [0.15, 0.2) is 71.4 Å². The average molecular weight is 355 g/mol. The van der Waals surface area contributed by atoms with Crippen LogP contribution in [0.5, 0.6) is 0 Å². The quantitative estimate of drug-likeness (QED) is 0.357. The molecule has 2 aromatic rings. The first-order valence-electron chi connectivity index (χ1n) is 7.23. The zero-order valence-electron chi connectivity index (χ0n) is 12.8. The van der Waals surface area contributed by atoms with Gasteiger partial charge in [0, 0.05) is 12.1 Å². The number of benzene rings is 2. The zero-order valence-corrected chi connectivity index (χ0v) is 13.5. The summed E-state index contributed by atoms with van der Waals surface area (Å²) in [7, 11) is 0. The molecule has 2 aromatic carbocycles. The number of nitro benzene ring substituents is 1. The van der Waals surface area contributed by atoms with Crippen LogP contribution in [0.25, 0.3) is 6.08 Å². The van der Waals surface area contributed by atoms with E-state index in [4.69, 9.17) is 16.3 Å². The number of non-ortho nitro benzene ring substituents is 1. The third-order valence-electron chi connectivity index (χ3n) is 3.35. The van der Waals surface area contributed by atoms with Gasteiger partial charge in [-0.05, 0) is 23.8 Å². The highest BCUT2D eigenvalue weighted by Crippen LogP contribution is 2.22. The van der Waals surface area contributed by atoms with Gasteiger partial charge in [-0.1, -0.05) is 48.0 Å². The number of hydrogen-bond acceptors (Lipinski definition) is 5. The Kier molecular flexibility index (Phi) is 4.72. The average Bonchev–Trinajstić information content (AvgIpc) is 2.96. The topological polar surface area (TPSA) is 81.8 Å². The molecule has 7 heteroatoms. The molecule has 0 spiro atoms. The van der Waals surface area contributed by atoms with Crippen LogP contribution >= 0.6 is 11.6 Å². The molecule has 0 bridgehead atoms. The van der Waals surface area contributed by atoms with Crippen molar-refractivity contribution >= 4 is 35.2 Å². The number of rotatable bonds is 4. The van der Waals surface area contributed by atoms with E-state index in [2.05, 4.69) is 4.99 Å². The lowest BCUT2D eigenvalue weighted by atomic mass is 10.2. The van der Waals surface area contributed by atoms with Gasteiger partial charge in [0.05, 0.1) is 15.5 Å². The maximum atomic E-state index is 11.9. The Hall–Kier alpha value is -3.25. The predicted molar refractivity (Wildman–Crippen MR) is 94.3 cm³/mol. The molecular weight excluding hydrogens is 344 g/mol. The Morgan fingerprint density at radius 3 is 2.72 bits per heavy atom. The summed E-state index contributed by atoms with van der Waals surface area (Å²) in [5.74, 6) is -0.441. The summed E-state index contributed by atoms with van der Waals surface area (Å²) >= 11 is 6.06. The van der Waals surface area contributed by atoms with Crippen molar-refractivity contribution in [1.82, 2.24) is 0 Å². The number of hydrogen-bond donors (Lipinski definition) is 0. The van der Waals surface area contributed by atoms with Crippen molar-refractivity contribution in [2.75, 3.05) is 0 Å². The fraction of sp³-hybridized carbons (Fsp3) is 0. The standard InChI is InChI=1S/C18H11ClN2O4/c19-15-9-2-1-8-14(15)17-20-16(18(22)25-17)10-4-6-12-5-3-7-13(11-12)21(23)24/h1-11H. The second kappa shape index (κ2) is 7.11. The number of carbonyl (C=O) groups excluding carboxylic acids is 1. The van der Waals surface area contributed by atoms with Gasteiger partial charge >= 0.3 is 5.97 Å². The number of nitrogens with zero attached hydrogens (tertiary/aromatic N) is 2. The molecule has 25 heavy (non-hydrogen) atoms. The fourth-order valence-electron chi connectivity index (χ4n) is 2.17. The third-order valence-corrected chi connectivity index (χ3v) is 3.68. The maximum Gasteiger partial charge on any atom is 0.363 e. The van der Waals surface area contributed by atoms with E-state index >= 15 is 0 Å². The van der Waals surface area contributed by atoms with Crippen molar-refractivity contribution in [1.29, 1.82) is 0 Å². The maximum absolute atomic E-state index is 11.9. The van der Waals surface area contributed by atoms with E-state index in [0.29, 0.717) is 16.1 Å². The molecular formula is C18H11ClN2O4. The molecule has 124 valence electrons. The molecule has 0 amide bonds. The number of cyclic esters (lactones) is 1. The van der Waals surface area contributed by atoms with E-state index in [1.165, 1.54) is 18.2 Å². The van der Waals surface area contributed by atoms with Gasteiger partial charge in [0.15, 0.2) is 5.70 Å². The number of esters is 1. The molecule has 1 aliphatic heterocycles. The number of ether oxygens (including phenoxy) is 1. The molecule has 0 fully saturated rings. The van der Waals surface area contributed by atoms with Gasteiger partial charge in [-0.3, -0.25) is 10.1 Å². The minimum absolute atomic E-state index is 0.00546. The second-order valence-corrected chi connectivity index (χ2v) is 5.46. The van der Waals surface area contributed by atoms with Crippen molar-refractivity contribution in [2.24, 2.45) is 4.99 Å². The van der Waals surface area contributed by atoms with Crippen LogP contribution in [0.4, 0.5) is 5.69 Å². The summed E-state index contributed by atoms with van der Waals surface area (Å²) in [6.45, 7) is 0. The number of allylic oxidation sites excluding steroid dienone is 2. The Balaban J connectivity index is 1.82. The highest BCUT2D eigenvalue weighted by Gasteiger charge is 2.24. The molecule has 0 saturated carbocycles. The van der Waals surface area contributed by atoms with Crippen molar-refractivity contribution in [3.63, 3.8) is 0 Å². The smallest absolute Gasteiger partial charge is 0.363 e. The molecule has 0 unspecified atom stereocenters. The molecule has 1 heterocycles. The Morgan fingerprint density at radius 2 is 1.96 bits per heavy atom. The van der Waals surface area contributed by atoms with Crippen molar-refractivity contribution in [2.45, 2.75) is 0 Å². The third kappa shape index (κ3) is 3.81. The highest BCUT2D eigenvalue weighted by atomic mass is 35.5. The van der Waals surface area contributed by atoms with E-state index in [1.54, 1.807) is 48.6 Å². The van der Waals surface area contributed by atoms with Gasteiger partial charge in [-0.2, -0.15) is 0 Å². The molecule has 0 radical (unpaired) electrons. The molecule has 0 N–H and O–H groups in total.